The molecule has 0 saturated heterocycles. The first-order valence-electron chi connectivity index (χ1n) is 8.20. The van der Waals surface area contributed by atoms with E-state index in [0.717, 1.165) is 11.4 Å². The van der Waals surface area contributed by atoms with Crippen LogP contribution in [0, 0.1) is 12.7 Å². The molecule has 0 fully saturated rings. The summed E-state index contributed by atoms with van der Waals surface area (Å²) in [5, 5.41) is 11.3. The monoisotopic (exact) mass is 370 g/mol. The Morgan fingerprint density at radius 3 is 2.69 bits per heavy atom. The predicted molar refractivity (Wildman–Crippen MR) is 101 cm³/mol. The predicted octanol–water partition coefficient (Wildman–Crippen LogP) is 3.89. The summed E-state index contributed by atoms with van der Waals surface area (Å²) in [6.45, 7) is 4.31. The fourth-order valence-electron chi connectivity index (χ4n) is 2.42. The van der Waals surface area contributed by atoms with Gasteiger partial charge in [0.15, 0.2) is 5.16 Å². The molecule has 1 atom stereocenters. The minimum Gasteiger partial charge on any atom is -0.325 e. The molecular weight excluding hydrogens is 351 g/mol. The van der Waals surface area contributed by atoms with E-state index in [2.05, 4.69) is 15.5 Å². The number of carbonyl (C=O) groups is 1. The van der Waals surface area contributed by atoms with Gasteiger partial charge in [-0.05, 0) is 37.6 Å². The number of benzene rings is 2. The molecule has 1 N–H and O–H groups in total. The van der Waals surface area contributed by atoms with Crippen LogP contribution in [0.4, 0.5) is 10.1 Å². The van der Waals surface area contributed by atoms with Crippen LogP contribution in [-0.4, -0.2) is 25.9 Å². The molecule has 0 aliphatic heterocycles. The van der Waals surface area contributed by atoms with Crippen LogP contribution >= 0.6 is 11.8 Å². The van der Waals surface area contributed by atoms with Gasteiger partial charge in [-0.2, -0.15) is 0 Å². The fraction of sp³-hybridized carbons (Fsp3) is 0.211. The summed E-state index contributed by atoms with van der Waals surface area (Å²) in [5.74, 6) is 0.183. The number of nitrogens with one attached hydrogen (secondary N) is 1. The second kappa shape index (κ2) is 8.14. The second-order valence-electron chi connectivity index (χ2n) is 5.86. The Hall–Kier alpha value is -2.67. The average Bonchev–Trinajstić information content (AvgIpc) is 2.96. The third-order valence-corrected chi connectivity index (χ3v) is 4.91. The number of anilines is 1. The average molecular weight is 370 g/mol. The zero-order valence-electron chi connectivity index (χ0n) is 14.5. The van der Waals surface area contributed by atoms with E-state index < -0.39 is 5.25 Å². The molecule has 3 aromatic rings. The summed E-state index contributed by atoms with van der Waals surface area (Å²) in [6, 6.07) is 15.8. The van der Waals surface area contributed by atoms with E-state index in [1.54, 1.807) is 19.1 Å². The number of nitrogens with zero attached hydrogens (tertiary/aromatic N) is 3. The van der Waals surface area contributed by atoms with Gasteiger partial charge in [-0.15, -0.1) is 10.2 Å². The van der Waals surface area contributed by atoms with Crippen molar-refractivity contribution >= 4 is 23.4 Å². The molecule has 134 valence electrons. The quantitative estimate of drug-likeness (QED) is 0.669. The summed E-state index contributed by atoms with van der Waals surface area (Å²) < 4.78 is 15.2. The van der Waals surface area contributed by atoms with E-state index in [4.69, 9.17) is 0 Å². The first-order chi connectivity index (χ1) is 12.5. The van der Waals surface area contributed by atoms with Crippen molar-refractivity contribution in [3.63, 3.8) is 0 Å². The SMILES string of the molecule is Cc1nnc(SC(C)C(=O)Nc2cccc(F)c2)n1Cc1ccccc1. The van der Waals surface area contributed by atoms with Crippen LogP contribution in [0.15, 0.2) is 59.8 Å². The van der Waals surface area contributed by atoms with E-state index in [0.29, 0.717) is 17.4 Å². The third kappa shape index (κ3) is 4.49. The van der Waals surface area contributed by atoms with Crippen LogP contribution in [0.2, 0.25) is 0 Å². The molecular formula is C19H19FN4OS. The maximum absolute atomic E-state index is 13.3. The standard InChI is InChI=1S/C19H19FN4OS/c1-13(18(25)21-17-10-6-9-16(20)11-17)26-19-23-22-14(2)24(19)12-15-7-4-3-5-8-15/h3-11,13H,12H2,1-2H3,(H,21,25). The summed E-state index contributed by atoms with van der Waals surface area (Å²) in [5.41, 5.74) is 1.57. The number of aromatic nitrogens is 3. The van der Waals surface area contributed by atoms with Crippen molar-refractivity contribution in [2.24, 2.45) is 0 Å². The van der Waals surface area contributed by atoms with Crippen molar-refractivity contribution in [1.29, 1.82) is 0 Å². The van der Waals surface area contributed by atoms with E-state index in [9.17, 15) is 9.18 Å². The van der Waals surface area contributed by atoms with Crippen molar-refractivity contribution in [1.82, 2.24) is 14.8 Å². The maximum Gasteiger partial charge on any atom is 0.237 e. The summed E-state index contributed by atoms with van der Waals surface area (Å²) in [6.07, 6.45) is 0. The molecule has 1 unspecified atom stereocenters. The molecule has 7 heteroatoms. The zero-order valence-corrected chi connectivity index (χ0v) is 15.3. The van der Waals surface area contributed by atoms with Gasteiger partial charge in [-0.3, -0.25) is 4.79 Å². The highest BCUT2D eigenvalue weighted by molar-refractivity contribution is 8.00. The van der Waals surface area contributed by atoms with Gasteiger partial charge in [0.1, 0.15) is 11.6 Å². The largest absolute Gasteiger partial charge is 0.325 e. The number of rotatable bonds is 6. The molecule has 0 radical (unpaired) electrons. The summed E-state index contributed by atoms with van der Waals surface area (Å²) in [4.78, 5) is 12.4. The van der Waals surface area contributed by atoms with Gasteiger partial charge in [-0.1, -0.05) is 48.2 Å². The van der Waals surface area contributed by atoms with Gasteiger partial charge < -0.3 is 9.88 Å². The van der Waals surface area contributed by atoms with Crippen LogP contribution in [0.5, 0.6) is 0 Å². The lowest BCUT2D eigenvalue weighted by molar-refractivity contribution is -0.115. The first kappa shape index (κ1) is 18.1. The summed E-state index contributed by atoms with van der Waals surface area (Å²) >= 11 is 1.33. The smallest absolute Gasteiger partial charge is 0.237 e. The van der Waals surface area contributed by atoms with Crippen LogP contribution in [0.1, 0.15) is 18.3 Å². The van der Waals surface area contributed by atoms with Gasteiger partial charge in [0.2, 0.25) is 5.91 Å². The van der Waals surface area contributed by atoms with Crippen LogP contribution in [-0.2, 0) is 11.3 Å². The third-order valence-electron chi connectivity index (χ3n) is 3.83. The Morgan fingerprint density at radius 2 is 1.96 bits per heavy atom. The Kier molecular flexibility index (Phi) is 5.68. The van der Waals surface area contributed by atoms with Crippen LogP contribution in [0.3, 0.4) is 0 Å². The molecule has 1 heterocycles. The number of carbonyl (C=O) groups excluding carboxylic acids is 1. The summed E-state index contributed by atoms with van der Waals surface area (Å²) in [7, 11) is 0. The molecule has 5 nitrogen and oxygen atoms in total. The minimum atomic E-state index is -0.406. The molecule has 2 aromatic carbocycles. The van der Waals surface area contributed by atoms with Gasteiger partial charge in [0.25, 0.3) is 0 Å². The van der Waals surface area contributed by atoms with Crippen molar-refractivity contribution in [3.05, 3.63) is 71.8 Å². The van der Waals surface area contributed by atoms with Crippen molar-refractivity contribution < 1.29 is 9.18 Å². The zero-order chi connectivity index (χ0) is 18.5. The molecule has 1 aromatic heterocycles. The Balaban J connectivity index is 1.69. The Morgan fingerprint density at radius 1 is 1.19 bits per heavy atom. The highest BCUT2D eigenvalue weighted by Gasteiger charge is 2.19. The second-order valence-corrected chi connectivity index (χ2v) is 7.17. The van der Waals surface area contributed by atoms with Gasteiger partial charge >= 0.3 is 0 Å². The van der Waals surface area contributed by atoms with Gasteiger partial charge in [0.05, 0.1) is 11.8 Å². The maximum atomic E-state index is 13.3. The highest BCUT2D eigenvalue weighted by Crippen LogP contribution is 2.24. The van der Waals surface area contributed by atoms with Crippen molar-refractivity contribution in [2.75, 3.05) is 5.32 Å². The molecule has 0 aliphatic carbocycles. The van der Waals surface area contributed by atoms with E-state index >= 15 is 0 Å². The van der Waals surface area contributed by atoms with Gasteiger partial charge in [0, 0.05) is 5.69 Å². The van der Waals surface area contributed by atoms with E-state index in [1.807, 2.05) is 41.8 Å². The van der Waals surface area contributed by atoms with Crippen LogP contribution in [0.25, 0.3) is 0 Å². The van der Waals surface area contributed by atoms with E-state index in [1.165, 1.54) is 23.9 Å². The van der Waals surface area contributed by atoms with Crippen molar-refractivity contribution in [2.45, 2.75) is 30.8 Å². The molecule has 3 rings (SSSR count). The number of halogens is 1. The number of hydrogen-bond donors (Lipinski definition) is 1. The lowest BCUT2D eigenvalue weighted by Gasteiger charge is -2.13. The first-order valence-corrected chi connectivity index (χ1v) is 9.07. The topological polar surface area (TPSA) is 59.8 Å². The Labute approximate surface area is 155 Å². The number of hydrogen-bond acceptors (Lipinski definition) is 4. The molecule has 1 amide bonds. The number of aryl methyl sites for hydroxylation is 1. The van der Waals surface area contributed by atoms with E-state index in [-0.39, 0.29) is 11.7 Å². The lowest BCUT2D eigenvalue weighted by atomic mass is 10.2. The number of amides is 1. The Bertz CT molecular complexity index is 898. The molecule has 0 bridgehead atoms. The fourth-order valence-corrected chi connectivity index (χ4v) is 3.31. The molecule has 0 saturated carbocycles. The van der Waals surface area contributed by atoms with Crippen LogP contribution < -0.4 is 5.32 Å². The lowest BCUT2D eigenvalue weighted by Crippen LogP contribution is -2.23. The minimum absolute atomic E-state index is 0.215. The normalized spacial score (nSPS) is 12.0. The molecule has 0 aliphatic rings. The van der Waals surface area contributed by atoms with Gasteiger partial charge in [-0.25, -0.2) is 4.39 Å². The highest BCUT2D eigenvalue weighted by atomic mass is 32.2. The number of thioether (sulfide) groups is 1. The molecule has 26 heavy (non-hydrogen) atoms. The molecule has 0 spiro atoms. The van der Waals surface area contributed by atoms with Crippen molar-refractivity contribution in [3.8, 4) is 0 Å².